The molecular weight excluding hydrogens is 350 g/mol. The first-order valence-electron chi connectivity index (χ1n) is 10.1. The van der Waals surface area contributed by atoms with Gasteiger partial charge in [0.25, 0.3) is 0 Å². The van der Waals surface area contributed by atoms with E-state index in [1.54, 1.807) is 0 Å². The van der Waals surface area contributed by atoms with Gasteiger partial charge >= 0.3 is 0 Å². The number of anilines is 1. The summed E-state index contributed by atoms with van der Waals surface area (Å²) in [7, 11) is 0. The molecule has 2 aromatic rings. The fourth-order valence-electron chi connectivity index (χ4n) is 3.37. The summed E-state index contributed by atoms with van der Waals surface area (Å²) >= 11 is 0. The minimum Gasteiger partial charge on any atom is -0.492 e. The molecule has 0 aromatic heterocycles. The molecule has 3 rings (SSSR count). The molecule has 1 aliphatic rings. The SMILES string of the molecule is CCONC(=CCN1CCN(c2ccccc2OCC)CC1)c1ccccc1. The van der Waals surface area contributed by atoms with Crippen LogP contribution < -0.4 is 15.1 Å². The van der Waals surface area contributed by atoms with Crippen LogP contribution in [0.1, 0.15) is 19.4 Å². The number of piperazine rings is 1. The Morgan fingerprint density at radius 2 is 1.64 bits per heavy atom. The van der Waals surface area contributed by atoms with Crippen LogP contribution in [0.5, 0.6) is 5.75 Å². The Labute approximate surface area is 168 Å². The minimum absolute atomic E-state index is 0.627. The number of ether oxygens (including phenoxy) is 1. The average Bonchev–Trinajstić information content (AvgIpc) is 2.76. The predicted molar refractivity (Wildman–Crippen MR) is 115 cm³/mol. The Morgan fingerprint density at radius 3 is 2.36 bits per heavy atom. The summed E-state index contributed by atoms with van der Waals surface area (Å²) in [5.74, 6) is 0.977. The molecule has 150 valence electrons. The fraction of sp³-hybridized carbons (Fsp3) is 0.391. The molecule has 1 N–H and O–H groups in total. The molecule has 0 saturated carbocycles. The van der Waals surface area contributed by atoms with Gasteiger partial charge in [0, 0.05) is 32.7 Å². The van der Waals surface area contributed by atoms with Gasteiger partial charge in [0.1, 0.15) is 5.75 Å². The van der Waals surface area contributed by atoms with E-state index in [2.05, 4.69) is 51.7 Å². The van der Waals surface area contributed by atoms with Crippen molar-refractivity contribution in [2.75, 3.05) is 50.8 Å². The molecule has 0 spiro atoms. The van der Waals surface area contributed by atoms with Gasteiger partial charge in [-0.3, -0.25) is 15.2 Å². The highest BCUT2D eigenvalue weighted by molar-refractivity contribution is 5.63. The van der Waals surface area contributed by atoms with Crippen LogP contribution >= 0.6 is 0 Å². The quantitative estimate of drug-likeness (QED) is 0.669. The summed E-state index contributed by atoms with van der Waals surface area (Å²) in [6, 6.07) is 18.6. The van der Waals surface area contributed by atoms with E-state index >= 15 is 0 Å². The molecule has 0 bridgehead atoms. The van der Waals surface area contributed by atoms with Crippen molar-refractivity contribution in [3.8, 4) is 5.75 Å². The van der Waals surface area contributed by atoms with Gasteiger partial charge in [-0.05, 0) is 37.6 Å². The van der Waals surface area contributed by atoms with Crippen LogP contribution in [0.2, 0.25) is 0 Å². The van der Waals surface area contributed by atoms with E-state index in [-0.39, 0.29) is 0 Å². The maximum atomic E-state index is 5.80. The average molecular weight is 382 g/mol. The Bertz CT molecular complexity index is 741. The van der Waals surface area contributed by atoms with E-state index < -0.39 is 0 Å². The highest BCUT2D eigenvalue weighted by Gasteiger charge is 2.19. The molecule has 0 amide bonds. The van der Waals surface area contributed by atoms with E-state index in [4.69, 9.17) is 9.57 Å². The van der Waals surface area contributed by atoms with Gasteiger partial charge in [-0.2, -0.15) is 0 Å². The van der Waals surface area contributed by atoms with Crippen molar-refractivity contribution >= 4 is 11.4 Å². The third-order valence-electron chi connectivity index (χ3n) is 4.84. The lowest BCUT2D eigenvalue weighted by atomic mass is 10.1. The van der Waals surface area contributed by atoms with Gasteiger partial charge in [-0.1, -0.05) is 42.5 Å². The van der Waals surface area contributed by atoms with Crippen molar-refractivity contribution in [2.45, 2.75) is 13.8 Å². The van der Waals surface area contributed by atoms with E-state index in [0.717, 1.165) is 49.7 Å². The monoisotopic (exact) mass is 381 g/mol. The van der Waals surface area contributed by atoms with Crippen LogP contribution in [-0.4, -0.2) is 50.8 Å². The first-order chi connectivity index (χ1) is 13.8. The molecule has 0 aliphatic carbocycles. The fourth-order valence-corrected chi connectivity index (χ4v) is 3.37. The van der Waals surface area contributed by atoms with E-state index in [1.807, 2.05) is 38.1 Å². The van der Waals surface area contributed by atoms with Crippen molar-refractivity contribution < 1.29 is 9.57 Å². The van der Waals surface area contributed by atoms with Crippen LogP contribution in [0.3, 0.4) is 0 Å². The van der Waals surface area contributed by atoms with E-state index in [0.29, 0.717) is 13.2 Å². The van der Waals surface area contributed by atoms with Crippen molar-refractivity contribution in [1.29, 1.82) is 0 Å². The molecule has 2 aromatic carbocycles. The number of para-hydroxylation sites is 2. The molecule has 1 aliphatic heterocycles. The maximum absolute atomic E-state index is 5.80. The van der Waals surface area contributed by atoms with Crippen LogP contribution in [0.15, 0.2) is 60.7 Å². The highest BCUT2D eigenvalue weighted by atomic mass is 16.6. The zero-order valence-electron chi connectivity index (χ0n) is 16.9. The number of hydrogen-bond acceptors (Lipinski definition) is 5. The van der Waals surface area contributed by atoms with Crippen molar-refractivity contribution in [3.05, 3.63) is 66.2 Å². The van der Waals surface area contributed by atoms with Gasteiger partial charge in [0.2, 0.25) is 0 Å². The summed E-state index contributed by atoms with van der Waals surface area (Å²) in [5, 5.41) is 0. The lowest BCUT2D eigenvalue weighted by Gasteiger charge is -2.36. The molecule has 5 heteroatoms. The summed E-state index contributed by atoms with van der Waals surface area (Å²) in [6.07, 6.45) is 2.22. The van der Waals surface area contributed by atoms with E-state index in [9.17, 15) is 0 Å². The molecule has 1 heterocycles. The van der Waals surface area contributed by atoms with Gasteiger partial charge in [0.15, 0.2) is 0 Å². The molecule has 0 atom stereocenters. The summed E-state index contributed by atoms with van der Waals surface area (Å²) in [5.41, 5.74) is 6.44. The third-order valence-corrected chi connectivity index (χ3v) is 4.84. The lowest BCUT2D eigenvalue weighted by Crippen LogP contribution is -2.46. The normalized spacial score (nSPS) is 15.5. The summed E-state index contributed by atoms with van der Waals surface area (Å²) in [6.45, 7) is 10.3. The Hall–Kier alpha value is -2.50. The molecule has 1 fully saturated rings. The number of hydrogen-bond donors (Lipinski definition) is 1. The largest absolute Gasteiger partial charge is 0.492 e. The topological polar surface area (TPSA) is 37.0 Å². The van der Waals surface area contributed by atoms with Crippen molar-refractivity contribution in [3.63, 3.8) is 0 Å². The zero-order valence-corrected chi connectivity index (χ0v) is 16.9. The van der Waals surface area contributed by atoms with Crippen LogP contribution in [-0.2, 0) is 4.84 Å². The summed E-state index contributed by atoms with van der Waals surface area (Å²) in [4.78, 5) is 10.3. The van der Waals surface area contributed by atoms with Gasteiger partial charge in [-0.25, -0.2) is 0 Å². The predicted octanol–water partition coefficient (Wildman–Crippen LogP) is 3.79. The smallest absolute Gasteiger partial charge is 0.142 e. The molecule has 0 radical (unpaired) electrons. The summed E-state index contributed by atoms with van der Waals surface area (Å²) < 4.78 is 5.80. The second-order valence-corrected chi connectivity index (χ2v) is 6.71. The minimum atomic E-state index is 0.627. The van der Waals surface area contributed by atoms with Crippen LogP contribution in [0.25, 0.3) is 5.70 Å². The Morgan fingerprint density at radius 1 is 0.929 bits per heavy atom. The third kappa shape index (κ3) is 5.50. The zero-order chi connectivity index (χ0) is 19.6. The molecule has 5 nitrogen and oxygen atoms in total. The maximum Gasteiger partial charge on any atom is 0.142 e. The van der Waals surface area contributed by atoms with Crippen LogP contribution in [0.4, 0.5) is 5.69 Å². The Balaban J connectivity index is 1.59. The van der Waals surface area contributed by atoms with Crippen molar-refractivity contribution in [1.82, 2.24) is 10.4 Å². The standard InChI is InChI=1S/C23H31N3O2/c1-3-27-23-13-9-8-12-22(23)26-18-16-25(17-19-26)15-14-21(24-28-4-2)20-10-6-5-7-11-20/h5-14,24H,3-4,15-19H2,1-2H3. The van der Waals surface area contributed by atoms with Gasteiger partial charge in [-0.15, -0.1) is 0 Å². The number of nitrogens with one attached hydrogen (secondary N) is 1. The molecule has 0 unspecified atom stereocenters. The highest BCUT2D eigenvalue weighted by Crippen LogP contribution is 2.28. The van der Waals surface area contributed by atoms with Crippen LogP contribution in [0, 0.1) is 0 Å². The molecule has 1 saturated heterocycles. The number of benzene rings is 2. The molecule has 28 heavy (non-hydrogen) atoms. The first-order valence-corrected chi connectivity index (χ1v) is 10.1. The lowest BCUT2D eigenvalue weighted by molar-refractivity contribution is 0.0896. The van der Waals surface area contributed by atoms with Gasteiger partial charge in [0.05, 0.1) is 24.6 Å². The van der Waals surface area contributed by atoms with E-state index in [1.165, 1.54) is 5.69 Å². The number of nitrogens with zero attached hydrogens (tertiary/aromatic N) is 2. The van der Waals surface area contributed by atoms with Gasteiger partial charge < -0.3 is 9.64 Å². The first kappa shape index (κ1) is 20.2. The second-order valence-electron chi connectivity index (χ2n) is 6.71. The number of rotatable bonds is 9. The number of hydroxylamine groups is 1. The Kier molecular flexibility index (Phi) is 7.76. The second kappa shape index (κ2) is 10.7. The molecular formula is C23H31N3O2. The van der Waals surface area contributed by atoms with Crippen molar-refractivity contribution in [2.24, 2.45) is 0 Å².